The van der Waals surface area contributed by atoms with Crippen LogP contribution in [0.25, 0.3) is 11.4 Å². The Morgan fingerprint density at radius 1 is 1.55 bits per heavy atom. The lowest BCUT2D eigenvalue weighted by atomic mass is 10.1. The first-order valence-electron chi connectivity index (χ1n) is 7.34. The molecule has 1 aliphatic carbocycles. The van der Waals surface area contributed by atoms with E-state index in [1.54, 1.807) is 18.2 Å². The number of hydrogen-bond donors (Lipinski definition) is 1. The summed E-state index contributed by atoms with van der Waals surface area (Å²) < 4.78 is 5.36. The Hall–Kier alpha value is -2.61. The van der Waals surface area contributed by atoms with E-state index in [0.29, 0.717) is 29.1 Å². The summed E-state index contributed by atoms with van der Waals surface area (Å²) in [4.78, 5) is 16.4. The lowest BCUT2D eigenvalue weighted by Crippen LogP contribution is -2.23. The number of hydrogen-bond acceptors (Lipinski definition) is 4. The van der Waals surface area contributed by atoms with Crippen LogP contribution >= 0.6 is 0 Å². The molecule has 1 unspecified atom stereocenters. The van der Waals surface area contributed by atoms with Gasteiger partial charge in [-0.3, -0.25) is 4.79 Å². The summed E-state index contributed by atoms with van der Waals surface area (Å²) in [7, 11) is 0. The highest BCUT2D eigenvalue weighted by Crippen LogP contribution is 2.41. The molecule has 2 aromatic rings. The van der Waals surface area contributed by atoms with E-state index in [9.17, 15) is 4.79 Å². The maximum Gasteiger partial charge on any atom is 0.252 e. The maximum absolute atomic E-state index is 11.9. The van der Waals surface area contributed by atoms with Crippen molar-refractivity contribution in [2.45, 2.75) is 25.7 Å². The maximum atomic E-state index is 11.9. The van der Waals surface area contributed by atoms with Crippen molar-refractivity contribution in [3.05, 3.63) is 35.7 Å². The third kappa shape index (κ3) is 3.01. The van der Waals surface area contributed by atoms with Crippen molar-refractivity contribution in [2.24, 2.45) is 5.92 Å². The van der Waals surface area contributed by atoms with Gasteiger partial charge in [-0.1, -0.05) is 30.1 Å². The fourth-order valence-corrected chi connectivity index (χ4v) is 2.37. The van der Waals surface area contributed by atoms with Crippen molar-refractivity contribution >= 4 is 5.91 Å². The molecule has 22 heavy (non-hydrogen) atoms. The third-order valence-electron chi connectivity index (χ3n) is 3.89. The summed E-state index contributed by atoms with van der Waals surface area (Å²) in [6.07, 6.45) is 7.59. The first-order valence-corrected chi connectivity index (χ1v) is 7.34. The van der Waals surface area contributed by atoms with Crippen LogP contribution in [0.15, 0.2) is 28.8 Å². The minimum absolute atomic E-state index is 0.203. The lowest BCUT2D eigenvalue weighted by molar-refractivity contribution is 0.0958. The van der Waals surface area contributed by atoms with Crippen LogP contribution in [0, 0.1) is 18.3 Å². The molecule has 1 aliphatic rings. The fraction of sp³-hybridized carbons (Fsp3) is 0.353. The third-order valence-corrected chi connectivity index (χ3v) is 3.89. The van der Waals surface area contributed by atoms with Crippen molar-refractivity contribution in [1.82, 2.24) is 15.5 Å². The van der Waals surface area contributed by atoms with E-state index in [4.69, 9.17) is 10.9 Å². The zero-order valence-electron chi connectivity index (χ0n) is 12.4. The summed E-state index contributed by atoms with van der Waals surface area (Å²) in [5.74, 6) is 4.29. The molecule has 1 amide bonds. The van der Waals surface area contributed by atoms with Crippen LogP contribution in [0.5, 0.6) is 0 Å². The van der Waals surface area contributed by atoms with Gasteiger partial charge in [0.1, 0.15) is 0 Å². The molecule has 1 N–H and O–H groups in total. The van der Waals surface area contributed by atoms with E-state index in [1.165, 1.54) is 12.8 Å². The van der Waals surface area contributed by atoms with Gasteiger partial charge in [-0.05, 0) is 30.9 Å². The molecule has 5 nitrogen and oxygen atoms in total. The second-order valence-corrected chi connectivity index (χ2v) is 5.55. The minimum Gasteiger partial charge on any atom is -0.341 e. The molecule has 1 aromatic carbocycles. The average Bonchev–Trinajstić information content (AvgIpc) is 3.28. The lowest BCUT2D eigenvalue weighted by Gasteiger charge is -2.03. The number of rotatable bonds is 5. The number of nitrogens with zero attached hydrogens (tertiary/aromatic N) is 2. The normalized spacial score (nSPS) is 15.1. The first-order chi connectivity index (χ1) is 10.7. The summed E-state index contributed by atoms with van der Waals surface area (Å²) in [5.41, 5.74) is 1.28. The average molecular weight is 295 g/mol. The van der Waals surface area contributed by atoms with E-state index in [-0.39, 0.29) is 12.5 Å². The molecule has 0 radical (unpaired) electrons. The molecule has 1 fully saturated rings. The predicted octanol–water partition coefficient (Wildman–Crippen LogP) is 2.61. The number of terminal acetylenes is 1. The Morgan fingerprint density at radius 2 is 2.36 bits per heavy atom. The molecule has 5 heteroatoms. The van der Waals surface area contributed by atoms with E-state index in [1.807, 2.05) is 6.07 Å². The van der Waals surface area contributed by atoms with Crippen LogP contribution in [0.4, 0.5) is 0 Å². The van der Waals surface area contributed by atoms with Crippen molar-refractivity contribution in [1.29, 1.82) is 0 Å². The summed E-state index contributed by atoms with van der Waals surface area (Å²) >= 11 is 0. The molecule has 0 saturated heterocycles. The molecule has 1 heterocycles. The topological polar surface area (TPSA) is 68.0 Å². The van der Waals surface area contributed by atoms with E-state index in [2.05, 4.69) is 28.3 Å². The number of carbonyl (C=O) groups is 1. The van der Waals surface area contributed by atoms with Gasteiger partial charge in [0, 0.05) is 17.0 Å². The standard InChI is InChI=1S/C17H17N3O2/c1-3-9-18-16(21)14-6-4-5-13(10-14)15-19-17(22-20-15)11(2)12-7-8-12/h1,4-6,10-12H,7-9H2,2H3,(H,18,21). The summed E-state index contributed by atoms with van der Waals surface area (Å²) in [6.45, 7) is 2.31. The van der Waals surface area contributed by atoms with E-state index in [0.717, 1.165) is 5.56 Å². The molecule has 0 spiro atoms. The highest BCUT2D eigenvalue weighted by atomic mass is 16.5. The van der Waals surface area contributed by atoms with Gasteiger partial charge in [0.05, 0.1) is 6.54 Å². The van der Waals surface area contributed by atoms with E-state index < -0.39 is 0 Å². The van der Waals surface area contributed by atoms with Gasteiger partial charge in [-0.15, -0.1) is 6.42 Å². The number of benzene rings is 1. The number of aromatic nitrogens is 2. The number of carbonyl (C=O) groups excluding carboxylic acids is 1. The van der Waals surface area contributed by atoms with Crippen molar-refractivity contribution in [3.63, 3.8) is 0 Å². The fourth-order valence-electron chi connectivity index (χ4n) is 2.37. The van der Waals surface area contributed by atoms with Gasteiger partial charge in [0.15, 0.2) is 0 Å². The van der Waals surface area contributed by atoms with Gasteiger partial charge in [-0.25, -0.2) is 0 Å². The molecule has 1 aromatic heterocycles. The molecule has 0 aliphatic heterocycles. The predicted molar refractivity (Wildman–Crippen MR) is 82.0 cm³/mol. The van der Waals surface area contributed by atoms with Crippen molar-refractivity contribution in [2.75, 3.05) is 6.54 Å². The highest BCUT2D eigenvalue weighted by molar-refractivity contribution is 5.95. The van der Waals surface area contributed by atoms with Gasteiger partial charge >= 0.3 is 0 Å². The second-order valence-electron chi connectivity index (χ2n) is 5.55. The van der Waals surface area contributed by atoms with Crippen LogP contribution in [0.1, 0.15) is 41.9 Å². The van der Waals surface area contributed by atoms with Gasteiger partial charge in [0.25, 0.3) is 5.91 Å². The Labute approximate surface area is 129 Å². The van der Waals surface area contributed by atoms with Crippen LogP contribution in [0.3, 0.4) is 0 Å². The molecular formula is C17H17N3O2. The number of nitrogens with one attached hydrogen (secondary N) is 1. The molecule has 112 valence electrons. The number of amides is 1. The minimum atomic E-state index is -0.213. The summed E-state index contributed by atoms with van der Waals surface area (Å²) in [6, 6.07) is 7.11. The van der Waals surface area contributed by atoms with Crippen LogP contribution < -0.4 is 5.32 Å². The Morgan fingerprint density at radius 3 is 3.09 bits per heavy atom. The largest absolute Gasteiger partial charge is 0.341 e. The van der Waals surface area contributed by atoms with Gasteiger partial charge in [-0.2, -0.15) is 4.98 Å². The van der Waals surface area contributed by atoms with Crippen molar-refractivity contribution < 1.29 is 9.32 Å². The Bertz CT molecular complexity index is 726. The van der Waals surface area contributed by atoms with Crippen LogP contribution in [-0.4, -0.2) is 22.6 Å². The monoisotopic (exact) mass is 295 g/mol. The summed E-state index contributed by atoms with van der Waals surface area (Å²) in [5, 5.41) is 6.66. The molecular weight excluding hydrogens is 278 g/mol. The molecule has 0 bridgehead atoms. The van der Waals surface area contributed by atoms with Crippen molar-refractivity contribution in [3.8, 4) is 23.7 Å². The van der Waals surface area contributed by atoms with Crippen LogP contribution in [-0.2, 0) is 0 Å². The zero-order chi connectivity index (χ0) is 15.5. The Kier molecular flexibility index (Phi) is 3.92. The SMILES string of the molecule is C#CCNC(=O)c1cccc(-c2noc(C(C)C3CC3)n2)c1. The van der Waals surface area contributed by atoms with E-state index >= 15 is 0 Å². The molecule has 1 saturated carbocycles. The molecule has 1 atom stereocenters. The first kappa shape index (κ1) is 14.3. The van der Waals surface area contributed by atoms with Gasteiger partial charge in [0.2, 0.25) is 11.7 Å². The second kappa shape index (κ2) is 6.02. The smallest absolute Gasteiger partial charge is 0.252 e. The van der Waals surface area contributed by atoms with Gasteiger partial charge < -0.3 is 9.84 Å². The Balaban J connectivity index is 1.80. The quantitative estimate of drug-likeness (QED) is 0.861. The molecule has 3 rings (SSSR count). The van der Waals surface area contributed by atoms with Crippen LogP contribution in [0.2, 0.25) is 0 Å². The highest BCUT2D eigenvalue weighted by Gasteiger charge is 2.32. The zero-order valence-corrected chi connectivity index (χ0v) is 12.4.